The van der Waals surface area contributed by atoms with Crippen LogP contribution in [0.25, 0.3) is 0 Å². The van der Waals surface area contributed by atoms with E-state index in [-0.39, 0.29) is 23.4 Å². The van der Waals surface area contributed by atoms with E-state index in [4.69, 9.17) is 5.73 Å². The van der Waals surface area contributed by atoms with Crippen LogP contribution < -0.4 is 5.73 Å². The first kappa shape index (κ1) is 13.8. The summed E-state index contributed by atoms with van der Waals surface area (Å²) in [6.07, 6.45) is 0.481. The standard InChI is InChI=1S/C13H19N3O3/c1-9-7-15(6-5-12(9)17)8-10-3-2-4-11(13(10)14)16(18)19/h2-4,9,12,17H,5-8,14H2,1H3. The van der Waals surface area contributed by atoms with Crippen molar-refractivity contribution in [3.63, 3.8) is 0 Å². The molecule has 1 fully saturated rings. The zero-order valence-electron chi connectivity index (χ0n) is 11.0. The van der Waals surface area contributed by atoms with Crippen molar-refractivity contribution in [2.24, 2.45) is 5.92 Å². The fraction of sp³-hybridized carbons (Fsp3) is 0.538. The zero-order chi connectivity index (χ0) is 14.0. The van der Waals surface area contributed by atoms with Gasteiger partial charge in [0.1, 0.15) is 5.69 Å². The van der Waals surface area contributed by atoms with Crippen LogP contribution in [0, 0.1) is 16.0 Å². The van der Waals surface area contributed by atoms with Gasteiger partial charge in [0.05, 0.1) is 11.0 Å². The number of nitrogens with two attached hydrogens (primary N) is 1. The minimum Gasteiger partial charge on any atom is -0.393 e. The number of nitrogens with zero attached hydrogens (tertiary/aromatic N) is 2. The van der Waals surface area contributed by atoms with Crippen LogP contribution in [-0.4, -0.2) is 34.1 Å². The Labute approximate surface area is 112 Å². The molecule has 0 aliphatic carbocycles. The lowest BCUT2D eigenvalue weighted by Gasteiger charge is -2.34. The minimum atomic E-state index is -0.457. The highest BCUT2D eigenvalue weighted by Crippen LogP contribution is 2.27. The lowest BCUT2D eigenvalue weighted by Crippen LogP contribution is -2.41. The second kappa shape index (κ2) is 5.54. The lowest BCUT2D eigenvalue weighted by atomic mass is 9.96. The minimum absolute atomic E-state index is 0.0393. The van der Waals surface area contributed by atoms with Gasteiger partial charge in [-0.25, -0.2) is 0 Å². The van der Waals surface area contributed by atoms with Crippen LogP contribution in [0.4, 0.5) is 11.4 Å². The van der Waals surface area contributed by atoms with Gasteiger partial charge < -0.3 is 10.8 Å². The molecule has 0 amide bonds. The molecule has 1 aromatic carbocycles. The van der Waals surface area contributed by atoms with Crippen molar-refractivity contribution in [3.05, 3.63) is 33.9 Å². The third kappa shape index (κ3) is 3.02. The number of nitro groups is 1. The maximum Gasteiger partial charge on any atom is 0.292 e. The quantitative estimate of drug-likeness (QED) is 0.489. The molecule has 2 atom stereocenters. The maximum atomic E-state index is 10.8. The number of para-hydroxylation sites is 1. The van der Waals surface area contributed by atoms with Gasteiger partial charge in [0, 0.05) is 25.7 Å². The second-order valence-electron chi connectivity index (χ2n) is 5.18. The van der Waals surface area contributed by atoms with E-state index in [0.29, 0.717) is 6.54 Å². The second-order valence-corrected chi connectivity index (χ2v) is 5.18. The van der Waals surface area contributed by atoms with Gasteiger partial charge >= 0.3 is 0 Å². The normalized spacial score (nSPS) is 24.3. The Bertz CT molecular complexity index is 478. The number of aliphatic hydroxyl groups excluding tert-OH is 1. The molecule has 104 valence electrons. The molecule has 0 radical (unpaired) electrons. The Balaban J connectivity index is 2.11. The first-order chi connectivity index (χ1) is 8.99. The summed E-state index contributed by atoms with van der Waals surface area (Å²) in [5, 5.41) is 20.5. The Kier molecular flexibility index (Phi) is 4.01. The number of aliphatic hydroxyl groups is 1. The van der Waals surface area contributed by atoms with Gasteiger partial charge in [-0.2, -0.15) is 0 Å². The number of piperidine rings is 1. The Morgan fingerprint density at radius 2 is 2.32 bits per heavy atom. The highest BCUT2D eigenvalue weighted by molar-refractivity contribution is 5.62. The van der Waals surface area contributed by atoms with Gasteiger partial charge in [-0.15, -0.1) is 0 Å². The number of hydrogen-bond acceptors (Lipinski definition) is 5. The molecule has 1 aromatic rings. The third-order valence-corrected chi connectivity index (χ3v) is 3.71. The van der Waals surface area contributed by atoms with Crippen LogP contribution in [0.5, 0.6) is 0 Å². The molecular formula is C13H19N3O3. The summed E-state index contributed by atoms with van der Waals surface area (Å²) in [5.41, 5.74) is 6.82. The molecule has 2 rings (SSSR count). The number of likely N-dealkylation sites (tertiary alicyclic amines) is 1. The Morgan fingerprint density at radius 3 is 2.95 bits per heavy atom. The van der Waals surface area contributed by atoms with Gasteiger partial charge in [0.25, 0.3) is 5.69 Å². The number of rotatable bonds is 3. The highest BCUT2D eigenvalue weighted by Gasteiger charge is 2.25. The molecule has 0 aromatic heterocycles. The van der Waals surface area contributed by atoms with E-state index in [9.17, 15) is 15.2 Å². The predicted molar refractivity (Wildman–Crippen MR) is 72.6 cm³/mol. The molecule has 6 heteroatoms. The van der Waals surface area contributed by atoms with Crippen LogP contribution in [0.15, 0.2) is 18.2 Å². The van der Waals surface area contributed by atoms with E-state index >= 15 is 0 Å². The van der Waals surface area contributed by atoms with E-state index < -0.39 is 4.92 Å². The number of nitrogen functional groups attached to an aromatic ring is 1. The molecule has 0 spiro atoms. The van der Waals surface area contributed by atoms with Crippen LogP contribution in [-0.2, 0) is 6.54 Å². The highest BCUT2D eigenvalue weighted by atomic mass is 16.6. The molecular weight excluding hydrogens is 246 g/mol. The molecule has 2 unspecified atom stereocenters. The number of hydrogen-bond donors (Lipinski definition) is 2. The monoisotopic (exact) mass is 265 g/mol. The lowest BCUT2D eigenvalue weighted by molar-refractivity contribution is -0.384. The topological polar surface area (TPSA) is 92.6 Å². The molecule has 1 heterocycles. The summed E-state index contributed by atoms with van der Waals surface area (Å²) in [6, 6.07) is 4.89. The van der Waals surface area contributed by atoms with Crippen LogP contribution in [0.3, 0.4) is 0 Å². The summed E-state index contributed by atoms with van der Waals surface area (Å²) in [6.45, 7) is 4.16. The van der Waals surface area contributed by atoms with Gasteiger partial charge in [-0.1, -0.05) is 19.1 Å². The first-order valence-electron chi connectivity index (χ1n) is 6.41. The smallest absolute Gasteiger partial charge is 0.292 e. The molecule has 1 aliphatic rings. The summed E-state index contributed by atoms with van der Waals surface area (Å²) >= 11 is 0. The van der Waals surface area contributed by atoms with Crippen LogP contribution in [0.2, 0.25) is 0 Å². The van der Waals surface area contributed by atoms with E-state index in [2.05, 4.69) is 4.90 Å². The van der Waals surface area contributed by atoms with E-state index in [1.165, 1.54) is 6.07 Å². The van der Waals surface area contributed by atoms with E-state index in [1.54, 1.807) is 6.07 Å². The molecule has 1 saturated heterocycles. The molecule has 19 heavy (non-hydrogen) atoms. The van der Waals surface area contributed by atoms with Gasteiger partial charge in [0.2, 0.25) is 0 Å². The summed E-state index contributed by atoms with van der Waals surface area (Å²) < 4.78 is 0. The van der Waals surface area contributed by atoms with Crippen molar-refractivity contribution >= 4 is 11.4 Å². The van der Waals surface area contributed by atoms with Crippen molar-refractivity contribution in [1.29, 1.82) is 0 Å². The predicted octanol–water partition coefficient (Wildman–Crippen LogP) is 1.38. The average molecular weight is 265 g/mol. The molecule has 1 aliphatic heterocycles. The Hall–Kier alpha value is -1.66. The van der Waals surface area contributed by atoms with Gasteiger partial charge in [-0.3, -0.25) is 15.0 Å². The van der Waals surface area contributed by atoms with Crippen molar-refractivity contribution in [3.8, 4) is 0 Å². The van der Waals surface area contributed by atoms with E-state index in [1.807, 2.05) is 13.0 Å². The number of nitro benzene ring substituents is 1. The van der Waals surface area contributed by atoms with Crippen LogP contribution >= 0.6 is 0 Å². The maximum absolute atomic E-state index is 10.8. The number of anilines is 1. The third-order valence-electron chi connectivity index (χ3n) is 3.71. The van der Waals surface area contributed by atoms with Crippen molar-refractivity contribution in [2.45, 2.75) is 26.0 Å². The SMILES string of the molecule is CC1CN(Cc2cccc([N+](=O)[O-])c2N)CCC1O. The van der Waals surface area contributed by atoms with Gasteiger partial charge in [-0.05, 0) is 17.9 Å². The van der Waals surface area contributed by atoms with Crippen molar-refractivity contribution < 1.29 is 10.0 Å². The van der Waals surface area contributed by atoms with Crippen LogP contribution in [0.1, 0.15) is 18.9 Å². The molecule has 6 nitrogen and oxygen atoms in total. The molecule has 0 saturated carbocycles. The van der Waals surface area contributed by atoms with E-state index in [0.717, 1.165) is 25.1 Å². The molecule has 3 N–H and O–H groups in total. The van der Waals surface area contributed by atoms with Gasteiger partial charge in [0.15, 0.2) is 0 Å². The fourth-order valence-corrected chi connectivity index (χ4v) is 2.50. The zero-order valence-corrected chi connectivity index (χ0v) is 11.0. The van der Waals surface area contributed by atoms with Crippen molar-refractivity contribution in [2.75, 3.05) is 18.8 Å². The first-order valence-corrected chi connectivity index (χ1v) is 6.41. The molecule has 0 bridgehead atoms. The largest absolute Gasteiger partial charge is 0.393 e. The average Bonchev–Trinajstić information content (AvgIpc) is 2.36. The fourth-order valence-electron chi connectivity index (χ4n) is 2.50. The van der Waals surface area contributed by atoms with Crippen molar-refractivity contribution in [1.82, 2.24) is 4.90 Å². The summed E-state index contributed by atoms with van der Waals surface area (Å²) in [4.78, 5) is 12.6. The summed E-state index contributed by atoms with van der Waals surface area (Å²) in [7, 11) is 0. The number of benzene rings is 1. The Morgan fingerprint density at radius 1 is 1.58 bits per heavy atom. The summed E-state index contributed by atoms with van der Waals surface area (Å²) in [5.74, 6) is 0.216.